The Labute approximate surface area is 154 Å². The second-order valence-electron chi connectivity index (χ2n) is 7.11. The molecule has 1 aromatic rings. The Morgan fingerprint density at radius 3 is 2.58 bits per heavy atom. The van der Waals surface area contributed by atoms with Gasteiger partial charge in [-0.25, -0.2) is 9.97 Å². The summed E-state index contributed by atoms with van der Waals surface area (Å²) in [6, 6.07) is 0. The summed E-state index contributed by atoms with van der Waals surface area (Å²) in [6.07, 6.45) is 10.5. The van der Waals surface area contributed by atoms with Crippen LogP contribution in [0.4, 0.5) is 0 Å². The summed E-state index contributed by atoms with van der Waals surface area (Å²) in [5.41, 5.74) is 0.327. The normalized spacial score (nSPS) is 20.2. The van der Waals surface area contributed by atoms with Crippen molar-refractivity contribution in [2.24, 2.45) is 0 Å². The molecule has 3 rings (SSSR count). The minimum Gasteiger partial charge on any atom is -0.378 e. The number of piperidine rings is 1. The standard InChI is InChI=1S/C19H28N4O3/c1-22(11-5-7-15-8-6-14-26-15)18(24)16-17(21-10-9-20-16)19(25)23-12-3-2-4-13-23/h9-10,15H,2-8,11-14H2,1H3/t15-/m1/s1. The molecule has 0 unspecified atom stereocenters. The first kappa shape index (κ1) is 18.8. The number of hydrogen-bond acceptors (Lipinski definition) is 5. The predicted molar refractivity (Wildman–Crippen MR) is 97.0 cm³/mol. The van der Waals surface area contributed by atoms with Gasteiger partial charge >= 0.3 is 0 Å². The summed E-state index contributed by atoms with van der Waals surface area (Å²) in [7, 11) is 1.75. The maximum atomic E-state index is 12.8. The Hall–Kier alpha value is -2.02. The van der Waals surface area contributed by atoms with Gasteiger partial charge in [-0.1, -0.05) is 0 Å². The van der Waals surface area contributed by atoms with Crippen molar-refractivity contribution in [1.29, 1.82) is 0 Å². The SMILES string of the molecule is CN(CCC[C@@H]1CCCO1)C(=O)c1nccnc1C(=O)N1CCCCC1. The van der Waals surface area contributed by atoms with E-state index in [1.807, 2.05) is 0 Å². The van der Waals surface area contributed by atoms with E-state index in [0.29, 0.717) is 12.6 Å². The van der Waals surface area contributed by atoms with Crippen LogP contribution in [-0.2, 0) is 4.74 Å². The van der Waals surface area contributed by atoms with E-state index in [1.54, 1.807) is 16.8 Å². The maximum absolute atomic E-state index is 12.8. The van der Waals surface area contributed by atoms with Crippen LogP contribution < -0.4 is 0 Å². The van der Waals surface area contributed by atoms with Crippen molar-refractivity contribution < 1.29 is 14.3 Å². The van der Waals surface area contributed by atoms with Gasteiger partial charge in [0.25, 0.3) is 11.8 Å². The number of rotatable bonds is 6. The molecule has 142 valence electrons. The molecule has 0 N–H and O–H groups in total. The molecule has 2 amide bonds. The third-order valence-electron chi connectivity index (χ3n) is 5.14. The molecule has 7 nitrogen and oxygen atoms in total. The van der Waals surface area contributed by atoms with Crippen molar-refractivity contribution in [1.82, 2.24) is 19.8 Å². The Bertz CT molecular complexity index is 625. The van der Waals surface area contributed by atoms with E-state index in [-0.39, 0.29) is 23.2 Å². The van der Waals surface area contributed by atoms with Crippen LogP contribution in [0, 0.1) is 0 Å². The Balaban J connectivity index is 1.61. The topological polar surface area (TPSA) is 75.6 Å². The number of carbonyl (C=O) groups is 2. The molecule has 0 saturated carbocycles. The number of ether oxygens (including phenoxy) is 1. The highest BCUT2D eigenvalue weighted by atomic mass is 16.5. The first-order chi connectivity index (χ1) is 12.7. The van der Waals surface area contributed by atoms with Gasteiger partial charge < -0.3 is 14.5 Å². The van der Waals surface area contributed by atoms with Crippen molar-refractivity contribution in [2.75, 3.05) is 33.3 Å². The van der Waals surface area contributed by atoms with Crippen molar-refractivity contribution in [3.63, 3.8) is 0 Å². The summed E-state index contributed by atoms with van der Waals surface area (Å²) >= 11 is 0. The molecule has 1 atom stereocenters. The Morgan fingerprint density at radius 1 is 1.15 bits per heavy atom. The second-order valence-corrected chi connectivity index (χ2v) is 7.11. The van der Waals surface area contributed by atoms with Gasteiger partial charge in [-0.2, -0.15) is 0 Å². The fraction of sp³-hybridized carbons (Fsp3) is 0.684. The van der Waals surface area contributed by atoms with Crippen molar-refractivity contribution in [3.05, 3.63) is 23.8 Å². The quantitative estimate of drug-likeness (QED) is 0.777. The first-order valence-electron chi connectivity index (χ1n) is 9.64. The fourth-order valence-electron chi connectivity index (χ4n) is 3.61. The zero-order chi connectivity index (χ0) is 18.4. The number of hydrogen-bond donors (Lipinski definition) is 0. The van der Waals surface area contributed by atoms with Gasteiger partial charge in [0.15, 0.2) is 11.4 Å². The zero-order valence-corrected chi connectivity index (χ0v) is 15.5. The number of likely N-dealkylation sites (tertiary alicyclic amines) is 1. The molecular formula is C19H28N4O3. The fourth-order valence-corrected chi connectivity index (χ4v) is 3.61. The van der Waals surface area contributed by atoms with Crippen LogP contribution in [-0.4, -0.2) is 71.0 Å². The molecule has 2 aliphatic heterocycles. The molecule has 2 saturated heterocycles. The van der Waals surface area contributed by atoms with Crippen LogP contribution in [0.15, 0.2) is 12.4 Å². The lowest BCUT2D eigenvalue weighted by Gasteiger charge is -2.27. The highest BCUT2D eigenvalue weighted by Crippen LogP contribution is 2.18. The van der Waals surface area contributed by atoms with Gasteiger partial charge in [-0.15, -0.1) is 0 Å². The molecule has 3 heterocycles. The minimum atomic E-state index is -0.245. The van der Waals surface area contributed by atoms with Crippen LogP contribution in [0.5, 0.6) is 0 Å². The van der Waals surface area contributed by atoms with Gasteiger partial charge in [0.2, 0.25) is 0 Å². The van der Waals surface area contributed by atoms with Gasteiger partial charge in [0.1, 0.15) is 0 Å². The monoisotopic (exact) mass is 360 g/mol. The average Bonchev–Trinajstić information content (AvgIpc) is 3.21. The van der Waals surface area contributed by atoms with E-state index in [9.17, 15) is 9.59 Å². The van der Waals surface area contributed by atoms with E-state index >= 15 is 0 Å². The molecule has 0 spiro atoms. The summed E-state index contributed by atoms with van der Waals surface area (Å²) in [6.45, 7) is 2.91. The average molecular weight is 360 g/mol. The zero-order valence-electron chi connectivity index (χ0n) is 15.5. The smallest absolute Gasteiger partial charge is 0.274 e. The Morgan fingerprint density at radius 2 is 1.88 bits per heavy atom. The lowest BCUT2D eigenvalue weighted by atomic mass is 10.1. The minimum absolute atomic E-state index is 0.155. The molecule has 0 aromatic carbocycles. The molecular weight excluding hydrogens is 332 g/mol. The van der Waals surface area contributed by atoms with E-state index < -0.39 is 0 Å². The number of carbonyl (C=O) groups excluding carboxylic acids is 2. The number of nitrogens with zero attached hydrogens (tertiary/aromatic N) is 4. The third-order valence-corrected chi connectivity index (χ3v) is 5.14. The molecule has 0 radical (unpaired) electrons. The summed E-state index contributed by atoms with van der Waals surface area (Å²) in [5, 5.41) is 0. The van der Waals surface area contributed by atoms with Gasteiger partial charge in [-0.3, -0.25) is 9.59 Å². The predicted octanol–water partition coefficient (Wildman–Crippen LogP) is 2.13. The van der Waals surface area contributed by atoms with Crippen molar-refractivity contribution in [2.45, 2.75) is 51.0 Å². The van der Waals surface area contributed by atoms with E-state index in [0.717, 1.165) is 64.6 Å². The molecule has 0 aliphatic carbocycles. The summed E-state index contributed by atoms with van der Waals surface area (Å²) in [4.78, 5) is 37.3. The number of aromatic nitrogens is 2. The van der Waals surface area contributed by atoms with E-state index in [2.05, 4.69) is 9.97 Å². The highest BCUT2D eigenvalue weighted by Gasteiger charge is 2.27. The maximum Gasteiger partial charge on any atom is 0.274 e. The van der Waals surface area contributed by atoms with E-state index in [1.165, 1.54) is 12.4 Å². The lowest BCUT2D eigenvalue weighted by molar-refractivity contribution is 0.0693. The highest BCUT2D eigenvalue weighted by molar-refractivity contribution is 6.04. The van der Waals surface area contributed by atoms with Crippen LogP contribution in [0.25, 0.3) is 0 Å². The summed E-state index contributed by atoms with van der Waals surface area (Å²) in [5.74, 6) is -0.431. The van der Waals surface area contributed by atoms with Gasteiger partial charge in [0.05, 0.1) is 6.10 Å². The molecule has 0 bridgehead atoms. The van der Waals surface area contributed by atoms with Crippen molar-refractivity contribution >= 4 is 11.8 Å². The molecule has 2 fully saturated rings. The van der Waals surface area contributed by atoms with Gasteiger partial charge in [-0.05, 0) is 44.9 Å². The number of amides is 2. The molecule has 7 heteroatoms. The first-order valence-corrected chi connectivity index (χ1v) is 9.64. The third kappa shape index (κ3) is 4.58. The lowest BCUT2D eigenvalue weighted by Crippen LogP contribution is -2.38. The summed E-state index contributed by atoms with van der Waals surface area (Å²) < 4.78 is 5.62. The van der Waals surface area contributed by atoms with Crippen LogP contribution >= 0.6 is 0 Å². The van der Waals surface area contributed by atoms with E-state index in [4.69, 9.17) is 4.74 Å². The molecule has 1 aromatic heterocycles. The second kappa shape index (κ2) is 9.07. The van der Waals surface area contributed by atoms with Crippen LogP contribution in [0.3, 0.4) is 0 Å². The van der Waals surface area contributed by atoms with Gasteiger partial charge in [0, 0.05) is 45.7 Å². The molecule has 2 aliphatic rings. The largest absolute Gasteiger partial charge is 0.378 e. The Kier molecular flexibility index (Phi) is 6.55. The van der Waals surface area contributed by atoms with Crippen molar-refractivity contribution in [3.8, 4) is 0 Å². The van der Waals surface area contributed by atoms with Crippen LogP contribution in [0.2, 0.25) is 0 Å². The molecule has 26 heavy (non-hydrogen) atoms. The van der Waals surface area contributed by atoms with Crippen LogP contribution in [0.1, 0.15) is 65.9 Å².